The number of hydrogen-bond donors (Lipinski definition) is 1. The zero-order valence-electron chi connectivity index (χ0n) is 21.2. The Morgan fingerprint density at radius 2 is 1.53 bits per heavy atom. The Balaban J connectivity index is 2.38. The maximum absolute atomic E-state index is 12.1. The quantitative estimate of drug-likeness (QED) is 0.406. The van der Waals surface area contributed by atoms with Gasteiger partial charge in [0.05, 0.1) is 6.10 Å². The molecule has 1 aliphatic carbocycles. The van der Waals surface area contributed by atoms with Crippen LogP contribution in [0.5, 0.6) is 0 Å². The molecule has 1 amide bonds. The van der Waals surface area contributed by atoms with Crippen molar-refractivity contribution in [1.29, 1.82) is 0 Å². The number of carbonyl (C=O) groups excluding carboxylic acids is 4. The van der Waals surface area contributed by atoms with Crippen molar-refractivity contribution in [3.05, 3.63) is 0 Å². The molecule has 2 fully saturated rings. The van der Waals surface area contributed by atoms with Crippen LogP contribution in [0, 0.1) is 17.8 Å². The summed E-state index contributed by atoms with van der Waals surface area (Å²) < 4.78 is 28.6. The molecule has 2 rings (SSSR count). The summed E-state index contributed by atoms with van der Waals surface area (Å²) in [5.74, 6) is -0.787. The number of nitrogens with one attached hydrogen (secondary N) is 1. The van der Waals surface area contributed by atoms with Gasteiger partial charge >= 0.3 is 17.9 Å². The minimum atomic E-state index is -1.12. The minimum absolute atomic E-state index is 0.143. The van der Waals surface area contributed by atoms with Gasteiger partial charge in [0, 0.05) is 27.7 Å². The Bertz CT molecular complexity index is 740. The summed E-state index contributed by atoms with van der Waals surface area (Å²) in [6.07, 6.45) is -1.59. The molecule has 0 bridgehead atoms. The summed E-state index contributed by atoms with van der Waals surface area (Å²) in [5, 5.41) is 2.75. The van der Waals surface area contributed by atoms with Crippen LogP contribution in [0.25, 0.3) is 0 Å². The van der Waals surface area contributed by atoms with Gasteiger partial charge in [-0.2, -0.15) is 0 Å². The number of ether oxygens (including phenoxy) is 5. The van der Waals surface area contributed by atoms with Gasteiger partial charge in [0.15, 0.2) is 18.5 Å². The molecule has 1 N–H and O–H groups in total. The van der Waals surface area contributed by atoms with Crippen LogP contribution in [-0.2, 0) is 42.9 Å². The van der Waals surface area contributed by atoms with Crippen molar-refractivity contribution in [2.24, 2.45) is 17.8 Å². The molecule has 0 unspecified atom stereocenters. The van der Waals surface area contributed by atoms with Crippen molar-refractivity contribution in [1.82, 2.24) is 5.32 Å². The zero-order chi connectivity index (χ0) is 25.6. The van der Waals surface area contributed by atoms with Gasteiger partial charge in [-0.3, -0.25) is 19.2 Å². The maximum atomic E-state index is 12.1. The van der Waals surface area contributed by atoms with E-state index in [0.717, 1.165) is 19.3 Å². The first-order valence-electron chi connectivity index (χ1n) is 11.9. The Hall–Kier alpha value is -2.20. The summed E-state index contributed by atoms with van der Waals surface area (Å²) in [7, 11) is 0. The summed E-state index contributed by atoms with van der Waals surface area (Å²) in [4.78, 5) is 47.3. The molecule has 0 aromatic heterocycles. The third-order valence-corrected chi connectivity index (χ3v) is 6.28. The van der Waals surface area contributed by atoms with Crippen LogP contribution >= 0.6 is 0 Å². The number of esters is 3. The van der Waals surface area contributed by atoms with Crippen LogP contribution in [0.2, 0.25) is 0 Å². The molecule has 194 valence electrons. The van der Waals surface area contributed by atoms with Gasteiger partial charge in [-0.05, 0) is 37.0 Å². The zero-order valence-corrected chi connectivity index (χ0v) is 21.2. The highest BCUT2D eigenvalue weighted by molar-refractivity contribution is 5.73. The minimum Gasteiger partial charge on any atom is -0.463 e. The average molecular weight is 486 g/mol. The SMILES string of the molecule is CC(=O)N[C@H]1[C@H](O[C@@H]2C[C@H](C)C[C@@H](C(C)C)C2)O[C@H](COC(C)=O)[C@@H](OC(C)=O)[C@@H]1OC(C)=O. The molecule has 1 heterocycles. The lowest BCUT2D eigenvalue weighted by Gasteiger charge is -2.46. The van der Waals surface area contributed by atoms with E-state index in [9.17, 15) is 19.2 Å². The van der Waals surface area contributed by atoms with Crippen molar-refractivity contribution in [2.75, 3.05) is 6.61 Å². The smallest absolute Gasteiger partial charge is 0.303 e. The number of carbonyl (C=O) groups is 4. The van der Waals surface area contributed by atoms with Crippen LogP contribution < -0.4 is 5.32 Å². The molecule has 8 atom stereocenters. The maximum Gasteiger partial charge on any atom is 0.303 e. The Kier molecular flexibility index (Phi) is 10.3. The van der Waals surface area contributed by atoms with Crippen LogP contribution in [0.1, 0.15) is 67.7 Å². The molecular weight excluding hydrogens is 446 g/mol. The Labute approximate surface area is 201 Å². The monoisotopic (exact) mass is 485 g/mol. The van der Waals surface area contributed by atoms with Crippen molar-refractivity contribution < 1.29 is 42.9 Å². The van der Waals surface area contributed by atoms with E-state index in [4.69, 9.17) is 23.7 Å². The third-order valence-electron chi connectivity index (χ3n) is 6.28. The van der Waals surface area contributed by atoms with Gasteiger partial charge in [0.25, 0.3) is 0 Å². The van der Waals surface area contributed by atoms with Gasteiger partial charge in [0.2, 0.25) is 5.91 Å². The van der Waals surface area contributed by atoms with Crippen molar-refractivity contribution in [2.45, 2.75) is 104 Å². The highest BCUT2D eigenvalue weighted by atomic mass is 16.7. The van der Waals surface area contributed by atoms with Gasteiger partial charge < -0.3 is 29.0 Å². The van der Waals surface area contributed by atoms with E-state index in [0.29, 0.717) is 17.8 Å². The normalized spacial score (nSPS) is 33.6. The summed E-state index contributed by atoms with van der Waals surface area (Å²) in [6.45, 7) is 11.3. The molecule has 0 aromatic carbocycles. The average Bonchev–Trinajstić information content (AvgIpc) is 2.69. The van der Waals surface area contributed by atoms with E-state index >= 15 is 0 Å². The van der Waals surface area contributed by atoms with Gasteiger partial charge in [-0.1, -0.05) is 20.8 Å². The van der Waals surface area contributed by atoms with E-state index in [1.54, 1.807) is 0 Å². The lowest BCUT2D eigenvalue weighted by molar-refractivity contribution is -0.291. The number of rotatable bonds is 8. The van der Waals surface area contributed by atoms with Gasteiger partial charge in [-0.15, -0.1) is 0 Å². The predicted molar refractivity (Wildman–Crippen MR) is 120 cm³/mol. The molecule has 1 saturated heterocycles. The second-order valence-corrected chi connectivity index (χ2v) is 9.79. The standard InChI is InChI=1S/C24H39NO9/c1-12(2)18-8-13(3)9-19(10-18)33-24-21(25-14(4)26)23(32-17(7)29)22(31-16(6)28)20(34-24)11-30-15(5)27/h12-13,18-24H,8-11H2,1-7H3,(H,25,26)/t13-,18-,19-,20-,21-,22-,23-,24-/m1/s1. The lowest BCUT2D eigenvalue weighted by atomic mass is 9.75. The highest BCUT2D eigenvalue weighted by Gasteiger charge is 2.52. The van der Waals surface area contributed by atoms with Crippen LogP contribution in [0.3, 0.4) is 0 Å². The van der Waals surface area contributed by atoms with Gasteiger partial charge in [-0.25, -0.2) is 0 Å². The summed E-state index contributed by atoms with van der Waals surface area (Å²) in [5.41, 5.74) is 0. The lowest BCUT2D eigenvalue weighted by Crippen LogP contribution is -2.67. The fraction of sp³-hybridized carbons (Fsp3) is 0.833. The Morgan fingerprint density at radius 3 is 2.06 bits per heavy atom. The molecule has 34 heavy (non-hydrogen) atoms. The van der Waals surface area contributed by atoms with Crippen LogP contribution in [0.4, 0.5) is 0 Å². The summed E-state index contributed by atoms with van der Waals surface area (Å²) >= 11 is 0. The van der Waals surface area contributed by atoms with Crippen molar-refractivity contribution >= 4 is 23.8 Å². The Morgan fingerprint density at radius 1 is 0.912 bits per heavy atom. The number of hydrogen-bond acceptors (Lipinski definition) is 9. The van der Waals surface area contributed by atoms with Crippen molar-refractivity contribution in [3.63, 3.8) is 0 Å². The van der Waals surface area contributed by atoms with Crippen LogP contribution in [0.15, 0.2) is 0 Å². The van der Waals surface area contributed by atoms with E-state index in [2.05, 4.69) is 26.1 Å². The first-order valence-corrected chi connectivity index (χ1v) is 11.9. The topological polar surface area (TPSA) is 126 Å². The largest absolute Gasteiger partial charge is 0.463 e. The fourth-order valence-electron chi connectivity index (χ4n) is 4.84. The summed E-state index contributed by atoms with van der Waals surface area (Å²) in [6, 6.07) is -0.936. The second-order valence-electron chi connectivity index (χ2n) is 9.79. The number of amides is 1. The van der Waals surface area contributed by atoms with Crippen molar-refractivity contribution in [3.8, 4) is 0 Å². The van der Waals surface area contributed by atoms with E-state index < -0.39 is 54.5 Å². The molecule has 1 saturated carbocycles. The first-order chi connectivity index (χ1) is 15.9. The van der Waals surface area contributed by atoms with E-state index in [-0.39, 0.29) is 12.7 Å². The van der Waals surface area contributed by atoms with Gasteiger partial charge in [0.1, 0.15) is 18.8 Å². The third kappa shape index (κ3) is 8.23. The fourth-order valence-corrected chi connectivity index (χ4v) is 4.84. The molecule has 10 nitrogen and oxygen atoms in total. The molecule has 0 radical (unpaired) electrons. The molecule has 10 heteroatoms. The van der Waals surface area contributed by atoms with Crippen LogP contribution in [-0.4, -0.2) is 67.2 Å². The molecule has 1 aliphatic heterocycles. The van der Waals surface area contributed by atoms with E-state index in [1.165, 1.54) is 27.7 Å². The molecule has 2 aliphatic rings. The van der Waals surface area contributed by atoms with E-state index in [1.807, 2.05) is 0 Å². The first kappa shape index (κ1) is 28.0. The molecular formula is C24H39NO9. The molecule has 0 spiro atoms. The molecule has 0 aromatic rings. The highest BCUT2D eigenvalue weighted by Crippen LogP contribution is 2.37. The predicted octanol–water partition coefficient (Wildman–Crippen LogP) is 2.12. The second kappa shape index (κ2) is 12.5.